The molecule has 11 heteroatoms. The predicted molar refractivity (Wildman–Crippen MR) is 157 cm³/mol. The summed E-state index contributed by atoms with van der Waals surface area (Å²) in [6.45, 7) is 4.12. The van der Waals surface area contributed by atoms with Crippen LogP contribution in [-0.2, 0) is 25.3 Å². The van der Waals surface area contributed by atoms with Crippen LogP contribution in [0.3, 0.4) is 0 Å². The van der Waals surface area contributed by atoms with Gasteiger partial charge in [0.05, 0.1) is 11.1 Å². The minimum absolute atomic E-state index is 0.0679. The van der Waals surface area contributed by atoms with Crippen molar-refractivity contribution in [2.75, 3.05) is 26.2 Å². The largest absolute Gasteiger partial charge is 0.416 e. The molecule has 3 aliphatic heterocycles. The van der Waals surface area contributed by atoms with Crippen LogP contribution in [0.2, 0.25) is 0 Å². The molecule has 1 amide bonds. The molecule has 0 aliphatic carbocycles. The lowest BCUT2D eigenvalue weighted by Gasteiger charge is -2.44. The van der Waals surface area contributed by atoms with Crippen molar-refractivity contribution in [3.05, 3.63) is 93.2 Å². The quantitative estimate of drug-likeness (QED) is 0.260. The van der Waals surface area contributed by atoms with E-state index < -0.39 is 35.0 Å². The van der Waals surface area contributed by atoms with Gasteiger partial charge in [-0.05, 0) is 80.3 Å². The molecule has 4 nitrogen and oxygen atoms in total. The first-order valence-electron chi connectivity index (χ1n) is 15.1. The molecule has 3 aliphatic rings. The van der Waals surface area contributed by atoms with E-state index >= 15 is 0 Å². The lowest BCUT2D eigenvalue weighted by atomic mass is 9.90. The highest BCUT2D eigenvalue weighted by Gasteiger charge is 2.48. The maximum atomic E-state index is 13.8. The molecule has 0 N–H and O–H groups in total. The van der Waals surface area contributed by atoms with Crippen LogP contribution < -0.4 is 0 Å². The van der Waals surface area contributed by atoms with Crippen LogP contribution in [0.1, 0.15) is 64.0 Å². The SMILES string of the molecule is O=C(c1cc(C(F)(F)F)cc(C(F)(F)F)c1)N1CCC(N2CCC3(CCCN3Cc3cccs3)C2)CC1Cc1ccccc1. The molecule has 4 heterocycles. The van der Waals surface area contributed by atoms with Gasteiger partial charge in [0, 0.05) is 54.2 Å². The van der Waals surface area contributed by atoms with E-state index in [0.29, 0.717) is 31.4 Å². The average molecular weight is 636 g/mol. The Hall–Kier alpha value is -2.89. The second-order valence-electron chi connectivity index (χ2n) is 12.4. The topological polar surface area (TPSA) is 26.8 Å². The van der Waals surface area contributed by atoms with Gasteiger partial charge in [0.25, 0.3) is 5.91 Å². The van der Waals surface area contributed by atoms with E-state index in [1.807, 2.05) is 30.3 Å². The lowest BCUT2D eigenvalue weighted by Crippen LogP contribution is -2.53. The van der Waals surface area contributed by atoms with Crippen molar-refractivity contribution >= 4 is 17.2 Å². The number of nitrogens with zero attached hydrogens (tertiary/aromatic N) is 3. The lowest BCUT2D eigenvalue weighted by molar-refractivity contribution is -0.143. The van der Waals surface area contributed by atoms with Crippen molar-refractivity contribution in [3.8, 4) is 0 Å². The standard InChI is InChI=1S/C33H35F6N3OS/c34-32(35,36)25-17-24(18-26(19-25)33(37,38)39)30(43)42-13-9-27(20-28(42)16-23-6-2-1-3-7-23)40-14-11-31(22-40)10-5-12-41(31)21-29-8-4-15-44-29/h1-4,6-8,15,17-19,27-28H,5,9-14,16,20-22H2. The number of amides is 1. The van der Waals surface area contributed by atoms with Gasteiger partial charge in [0.15, 0.2) is 0 Å². The fraction of sp³-hybridized carbons (Fsp3) is 0.485. The smallest absolute Gasteiger partial charge is 0.335 e. The van der Waals surface area contributed by atoms with E-state index in [-0.39, 0.29) is 30.2 Å². The molecule has 6 rings (SSSR count). The number of hydrogen-bond donors (Lipinski definition) is 0. The fourth-order valence-corrected chi connectivity index (χ4v) is 8.17. The molecule has 3 aromatic rings. The van der Waals surface area contributed by atoms with E-state index in [2.05, 4.69) is 27.3 Å². The average Bonchev–Trinajstić information content (AvgIpc) is 3.75. The third kappa shape index (κ3) is 6.55. The second kappa shape index (κ2) is 12.1. The number of hydrogen-bond acceptors (Lipinski definition) is 4. The summed E-state index contributed by atoms with van der Waals surface area (Å²) in [5.74, 6) is -0.795. The van der Waals surface area contributed by atoms with Crippen LogP contribution in [0, 0.1) is 0 Å². The molecule has 0 radical (unpaired) electrons. The van der Waals surface area contributed by atoms with Gasteiger partial charge >= 0.3 is 12.4 Å². The molecule has 44 heavy (non-hydrogen) atoms. The molecule has 0 bridgehead atoms. The Morgan fingerprint density at radius 2 is 1.61 bits per heavy atom. The molecule has 3 fully saturated rings. The van der Waals surface area contributed by atoms with Crippen LogP contribution >= 0.6 is 11.3 Å². The number of rotatable bonds is 6. The number of piperidine rings is 1. The Labute approximate surface area is 257 Å². The zero-order valence-corrected chi connectivity index (χ0v) is 25.0. The van der Waals surface area contributed by atoms with Crippen molar-refractivity contribution in [2.45, 2.75) is 75.0 Å². The number of carbonyl (C=O) groups is 1. The summed E-state index contributed by atoms with van der Waals surface area (Å²) in [5, 5.41) is 2.10. The van der Waals surface area contributed by atoms with Gasteiger partial charge in [-0.1, -0.05) is 36.4 Å². The third-order valence-corrected chi connectivity index (χ3v) is 10.5. The predicted octanol–water partition coefficient (Wildman–Crippen LogP) is 7.74. The van der Waals surface area contributed by atoms with E-state index in [9.17, 15) is 31.1 Å². The maximum Gasteiger partial charge on any atom is 0.416 e. The van der Waals surface area contributed by atoms with Crippen LogP contribution in [0.25, 0.3) is 0 Å². The normalized spacial score (nSPS) is 25.3. The van der Waals surface area contributed by atoms with Crippen LogP contribution in [0.4, 0.5) is 26.3 Å². The molecular weight excluding hydrogens is 600 g/mol. The van der Waals surface area contributed by atoms with Crippen LogP contribution in [0.5, 0.6) is 0 Å². The second-order valence-corrected chi connectivity index (χ2v) is 13.4. The van der Waals surface area contributed by atoms with E-state index in [0.717, 1.165) is 51.0 Å². The molecule has 3 unspecified atom stereocenters. The molecule has 3 saturated heterocycles. The summed E-state index contributed by atoms with van der Waals surface area (Å²) >= 11 is 1.77. The molecule has 1 spiro atoms. The number of benzene rings is 2. The highest BCUT2D eigenvalue weighted by molar-refractivity contribution is 7.09. The van der Waals surface area contributed by atoms with Crippen molar-refractivity contribution in [3.63, 3.8) is 0 Å². The summed E-state index contributed by atoms with van der Waals surface area (Å²) < 4.78 is 81.5. The Morgan fingerprint density at radius 3 is 2.27 bits per heavy atom. The Bertz CT molecular complexity index is 1410. The number of likely N-dealkylation sites (tertiary alicyclic amines) is 3. The number of carbonyl (C=O) groups excluding carboxylic acids is 1. The van der Waals surface area contributed by atoms with Crippen molar-refractivity contribution in [1.82, 2.24) is 14.7 Å². The van der Waals surface area contributed by atoms with Gasteiger partial charge in [-0.25, -0.2) is 0 Å². The van der Waals surface area contributed by atoms with E-state index in [1.54, 1.807) is 11.3 Å². The van der Waals surface area contributed by atoms with Gasteiger partial charge in [-0.15, -0.1) is 11.3 Å². The van der Waals surface area contributed by atoms with E-state index in [4.69, 9.17) is 0 Å². The first-order chi connectivity index (χ1) is 20.9. The number of thiophene rings is 1. The summed E-state index contributed by atoms with van der Waals surface area (Å²) in [6.07, 6.45) is -5.00. The highest BCUT2D eigenvalue weighted by atomic mass is 32.1. The van der Waals surface area contributed by atoms with Crippen molar-refractivity contribution in [1.29, 1.82) is 0 Å². The van der Waals surface area contributed by atoms with Gasteiger partial charge in [-0.3, -0.25) is 14.6 Å². The van der Waals surface area contributed by atoms with Crippen LogP contribution in [-0.4, -0.2) is 64.4 Å². The summed E-state index contributed by atoms with van der Waals surface area (Å²) in [7, 11) is 0. The van der Waals surface area contributed by atoms with Gasteiger partial charge in [0.2, 0.25) is 0 Å². The zero-order valence-electron chi connectivity index (χ0n) is 24.2. The van der Waals surface area contributed by atoms with Crippen LogP contribution in [0.15, 0.2) is 66.0 Å². The first-order valence-corrected chi connectivity index (χ1v) is 16.0. The number of alkyl halides is 6. The maximum absolute atomic E-state index is 13.8. The third-order valence-electron chi connectivity index (χ3n) is 9.64. The Kier molecular flexibility index (Phi) is 8.58. The minimum Gasteiger partial charge on any atom is -0.335 e. The summed E-state index contributed by atoms with van der Waals surface area (Å²) in [4.78, 5) is 21.7. The monoisotopic (exact) mass is 635 g/mol. The number of halogens is 6. The molecule has 1 aromatic heterocycles. The molecule has 3 atom stereocenters. The fourth-order valence-electron chi connectivity index (χ4n) is 7.45. The Morgan fingerprint density at radius 1 is 0.886 bits per heavy atom. The van der Waals surface area contributed by atoms with Crippen molar-refractivity contribution in [2.24, 2.45) is 0 Å². The van der Waals surface area contributed by atoms with Gasteiger partial charge < -0.3 is 4.90 Å². The summed E-state index contributed by atoms with van der Waals surface area (Å²) in [5.41, 5.74) is -2.46. The Balaban J connectivity index is 1.24. The van der Waals surface area contributed by atoms with Gasteiger partial charge in [0.1, 0.15) is 0 Å². The first kappa shape index (κ1) is 31.1. The molecule has 0 saturated carbocycles. The molecule has 236 valence electrons. The highest BCUT2D eigenvalue weighted by Crippen LogP contribution is 2.42. The zero-order chi connectivity index (χ0) is 31.1. The molecular formula is C33H35F6N3OS. The minimum atomic E-state index is -5.02. The summed E-state index contributed by atoms with van der Waals surface area (Å²) in [6, 6.07) is 14.7. The van der Waals surface area contributed by atoms with Gasteiger partial charge in [-0.2, -0.15) is 26.3 Å². The van der Waals surface area contributed by atoms with E-state index in [1.165, 1.54) is 9.78 Å². The molecule has 2 aromatic carbocycles. The van der Waals surface area contributed by atoms with Crippen molar-refractivity contribution < 1.29 is 31.1 Å².